The van der Waals surface area contributed by atoms with Crippen molar-refractivity contribution in [2.45, 2.75) is 6.92 Å². The van der Waals surface area contributed by atoms with Crippen molar-refractivity contribution < 1.29 is 9.47 Å². The number of rotatable bonds is 6. The van der Waals surface area contributed by atoms with Gasteiger partial charge in [-0.15, -0.1) is 0 Å². The molecule has 23 heavy (non-hydrogen) atoms. The lowest BCUT2D eigenvalue weighted by molar-refractivity contribution is 0.328. The lowest BCUT2D eigenvalue weighted by atomic mass is 10.2. The summed E-state index contributed by atoms with van der Waals surface area (Å²) in [4.78, 5) is 4.21. The molecule has 2 rings (SSSR count). The normalized spacial score (nSPS) is 11.2. The summed E-state index contributed by atoms with van der Waals surface area (Å²) in [6.07, 6.45) is 0. The molecule has 0 saturated heterocycles. The van der Waals surface area contributed by atoms with Crippen LogP contribution in [0.3, 0.4) is 0 Å². The SMILES string of the molecule is COc1ccc(NC(N)=NCCOc2ccc(C)cc2)cc1Cl. The minimum Gasteiger partial charge on any atom is -0.495 e. The minimum absolute atomic E-state index is 0.304. The summed E-state index contributed by atoms with van der Waals surface area (Å²) in [5.74, 6) is 1.73. The van der Waals surface area contributed by atoms with E-state index in [4.69, 9.17) is 26.8 Å². The molecule has 0 radical (unpaired) electrons. The zero-order valence-corrected chi connectivity index (χ0v) is 13.9. The van der Waals surface area contributed by atoms with Crippen LogP contribution in [0, 0.1) is 6.92 Å². The number of aliphatic imine (C=N–C) groups is 1. The molecule has 6 heteroatoms. The number of anilines is 1. The first-order valence-corrected chi connectivity index (χ1v) is 7.56. The average molecular weight is 334 g/mol. The van der Waals surface area contributed by atoms with Crippen LogP contribution in [0.2, 0.25) is 5.02 Å². The van der Waals surface area contributed by atoms with Crippen molar-refractivity contribution >= 4 is 23.2 Å². The zero-order valence-electron chi connectivity index (χ0n) is 13.2. The number of nitrogens with zero attached hydrogens (tertiary/aromatic N) is 1. The molecular weight excluding hydrogens is 314 g/mol. The van der Waals surface area contributed by atoms with Crippen LogP contribution in [-0.2, 0) is 0 Å². The lowest BCUT2D eigenvalue weighted by Gasteiger charge is -2.09. The summed E-state index contributed by atoms with van der Waals surface area (Å²) in [6, 6.07) is 13.2. The standard InChI is InChI=1S/C17H20ClN3O2/c1-12-3-6-14(7-4-12)23-10-9-20-17(19)21-13-5-8-16(22-2)15(18)11-13/h3-8,11H,9-10H2,1-2H3,(H3,19,20,21). The second kappa shape index (κ2) is 8.29. The van der Waals surface area contributed by atoms with Crippen molar-refractivity contribution in [2.24, 2.45) is 10.7 Å². The van der Waals surface area contributed by atoms with Gasteiger partial charge in [0, 0.05) is 5.69 Å². The van der Waals surface area contributed by atoms with Crippen molar-refractivity contribution in [1.29, 1.82) is 0 Å². The molecule has 2 aromatic carbocycles. The number of nitrogens with two attached hydrogens (primary N) is 1. The predicted octanol–water partition coefficient (Wildman–Crippen LogP) is 3.46. The van der Waals surface area contributed by atoms with Crippen LogP contribution in [0.1, 0.15) is 5.56 Å². The highest BCUT2D eigenvalue weighted by atomic mass is 35.5. The van der Waals surface area contributed by atoms with E-state index < -0.39 is 0 Å². The summed E-state index contributed by atoms with van der Waals surface area (Å²) in [5.41, 5.74) is 7.78. The summed E-state index contributed by atoms with van der Waals surface area (Å²) in [7, 11) is 1.57. The van der Waals surface area contributed by atoms with Crippen LogP contribution in [0.5, 0.6) is 11.5 Å². The molecule has 0 aliphatic rings. The van der Waals surface area contributed by atoms with Gasteiger partial charge in [0.15, 0.2) is 5.96 Å². The largest absolute Gasteiger partial charge is 0.495 e. The van der Waals surface area contributed by atoms with Gasteiger partial charge in [-0.25, -0.2) is 4.99 Å². The Morgan fingerprint density at radius 1 is 1.22 bits per heavy atom. The van der Waals surface area contributed by atoms with E-state index in [2.05, 4.69) is 10.3 Å². The van der Waals surface area contributed by atoms with Gasteiger partial charge in [0.25, 0.3) is 0 Å². The topological polar surface area (TPSA) is 68.9 Å². The molecule has 5 nitrogen and oxygen atoms in total. The quantitative estimate of drug-likeness (QED) is 0.482. The summed E-state index contributed by atoms with van der Waals surface area (Å²) in [6.45, 7) is 2.94. The number of ether oxygens (including phenoxy) is 2. The molecule has 0 saturated carbocycles. The molecule has 0 unspecified atom stereocenters. The Morgan fingerprint density at radius 3 is 2.61 bits per heavy atom. The molecule has 0 spiro atoms. The summed E-state index contributed by atoms with van der Waals surface area (Å²) < 4.78 is 10.7. The van der Waals surface area contributed by atoms with E-state index in [0.29, 0.717) is 29.9 Å². The van der Waals surface area contributed by atoms with Crippen LogP contribution in [0.4, 0.5) is 5.69 Å². The Bertz CT molecular complexity index is 672. The Hall–Kier alpha value is -2.40. The number of nitrogens with one attached hydrogen (secondary N) is 1. The van der Waals surface area contributed by atoms with Crippen molar-refractivity contribution in [3.05, 3.63) is 53.1 Å². The van der Waals surface area contributed by atoms with E-state index in [1.165, 1.54) is 5.56 Å². The monoisotopic (exact) mass is 333 g/mol. The van der Waals surface area contributed by atoms with Gasteiger partial charge in [-0.05, 0) is 37.3 Å². The highest BCUT2D eigenvalue weighted by Crippen LogP contribution is 2.26. The van der Waals surface area contributed by atoms with Crippen LogP contribution < -0.4 is 20.5 Å². The molecule has 0 atom stereocenters. The van der Waals surface area contributed by atoms with Crippen LogP contribution in [0.15, 0.2) is 47.5 Å². The average Bonchev–Trinajstić information content (AvgIpc) is 2.53. The molecule has 0 aliphatic carbocycles. The number of guanidine groups is 1. The smallest absolute Gasteiger partial charge is 0.193 e. The first kappa shape index (κ1) is 17.0. The Balaban J connectivity index is 1.81. The molecule has 0 fully saturated rings. The minimum atomic E-state index is 0.304. The van der Waals surface area contributed by atoms with Gasteiger partial charge in [0.2, 0.25) is 0 Å². The Morgan fingerprint density at radius 2 is 1.96 bits per heavy atom. The second-order valence-corrected chi connectivity index (χ2v) is 5.31. The summed E-state index contributed by atoms with van der Waals surface area (Å²) >= 11 is 6.05. The van der Waals surface area contributed by atoms with E-state index in [1.807, 2.05) is 37.3 Å². The number of methoxy groups -OCH3 is 1. The van der Waals surface area contributed by atoms with Crippen molar-refractivity contribution in [3.63, 3.8) is 0 Å². The van der Waals surface area contributed by atoms with Gasteiger partial charge < -0.3 is 20.5 Å². The first-order chi connectivity index (χ1) is 11.1. The van der Waals surface area contributed by atoms with E-state index >= 15 is 0 Å². The fourth-order valence-corrected chi connectivity index (χ4v) is 2.15. The number of halogens is 1. The number of benzene rings is 2. The fraction of sp³-hybridized carbons (Fsp3) is 0.235. The predicted molar refractivity (Wildman–Crippen MR) is 94.8 cm³/mol. The number of aryl methyl sites for hydroxylation is 1. The van der Waals surface area contributed by atoms with E-state index in [9.17, 15) is 0 Å². The lowest BCUT2D eigenvalue weighted by Crippen LogP contribution is -2.23. The Labute approximate surface area is 141 Å². The third-order valence-corrected chi connectivity index (χ3v) is 3.38. The second-order valence-electron chi connectivity index (χ2n) is 4.90. The fourth-order valence-electron chi connectivity index (χ4n) is 1.90. The zero-order chi connectivity index (χ0) is 16.7. The van der Waals surface area contributed by atoms with Gasteiger partial charge >= 0.3 is 0 Å². The Kier molecular flexibility index (Phi) is 6.11. The maximum atomic E-state index is 6.05. The van der Waals surface area contributed by atoms with Crippen molar-refractivity contribution in [3.8, 4) is 11.5 Å². The van der Waals surface area contributed by atoms with Gasteiger partial charge in [-0.3, -0.25) is 0 Å². The van der Waals surface area contributed by atoms with E-state index in [0.717, 1.165) is 11.4 Å². The molecular formula is C17H20ClN3O2. The van der Waals surface area contributed by atoms with E-state index in [-0.39, 0.29) is 0 Å². The molecule has 122 valence electrons. The van der Waals surface area contributed by atoms with Crippen molar-refractivity contribution in [2.75, 3.05) is 25.6 Å². The van der Waals surface area contributed by atoms with Gasteiger partial charge in [-0.2, -0.15) is 0 Å². The third kappa shape index (κ3) is 5.38. The van der Waals surface area contributed by atoms with Crippen LogP contribution >= 0.6 is 11.6 Å². The third-order valence-electron chi connectivity index (χ3n) is 3.09. The molecule has 0 aromatic heterocycles. The maximum Gasteiger partial charge on any atom is 0.193 e. The first-order valence-electron chi connectivity index (χ1n) is 7.18. The highest BCUT2D eigenvalue weighted by molar-refractivity contribution is 6.32. The van der Waals surface area contributed by atoms with Gasteiger partial charge in [0.05, 0.1) is 18.7 Å². The van der Waals surface area contributed by atoms with Crippen molar-refractivity contribution in [1.82, 2.24) is 0 Å². The number of hydrogen-bond donors (Lipinski definition) is 2. The van der Waals surface area contributed by atoms with Crippen LogP contribution in [-0.4, -0.2) is 26.2 Å². The van der Waals surface area contributed by atoms with Gasteiger partial charge in [0.1, 0.15) is 18.1 Å². The molecule has 0 amide bonds. The molecule has 2 aromatic rings. The molecule has 3 N–H and O–H groups in total. The summed E-state index contributed by atoms with van der Waals surface area (Å²) in [5, 5.41) is 3.48. The molecule has 0 aliphatic heterocycles. The van der Waals surface area contributed by atoms with Gasteiger partial charge in [-0.1, -0.05) is 29.3 Å². The maximum absolute atomic E-state index is 6.05. The molecule has 0 bridgehead atoms. The molecule has 0 heterocycles. The van der Waals surface area contributed by atoms with E-state index in [1.54, 1.807) is 19.2 Å². The highest BCUT2D eigenvalue weighted by Gasteiger charge is 2.02. The number of hydrogen-bond acceptors (Lipinski definition) is 3. The van der Waals surface area contributed by atoms with Crippen LogP contribution in [0.25, 0.3) is 0 Å².